The van der Waals surface area contributed by atoms with Gasteiger partial charge in [-0.25, -0.2) is 0 Å². The van der Waals surface area contributed by atoms with Gasteiger partial charge in [0.15, 0.2) is 0 Å². The van der Waals surface area contributed by atoms with Gasteiger partial charge in [-0.1, -0.05) is 44.2 Å². The number of hydrogen-bond donors (Lipinski definition) is 0. The van der Waals surface area contributed by atoms with Crippen molar-refractivity contribution in [1.82, 2.24) is 0 Å². The third-order valence-electron chi connectivity index (χ3n) is 3.88. The summed E-state index contributed by atoms with van der Waals surface area (Å²) in [7, 11) is 0. The van der Waals surface area contributed by atoms with Crippen molar-refractivity contribution >= 4 is 5.78 Å². The van der Waals surface area contributed by atoms with Gasteiger partial charge in [0.2, 0.25) is 0 Å². The minimum atomic E-state index is 0.107. The molecule has 1 aliphatic rings. The largest absolute Gasteiger partial charge is 0.374 e. The Morgan fingerprint density at radius 2 is 2.00 bits per heavy atom. The Kier molecular flexibility index (Phi) is 5.15. The predicted molar refractivity (Wildman–Crippen MR) is 77.1 cm³/mol. The molecule has 2 nitrogen and oxygen atoms in total. The van der Waals surface area contributed by atoms with Gasteiger partial charge >= 0.3 is 0 Å². The minimum absolute atomic E-state index is 0.107. The van der Waals surface area contributed by atoms with E-state index in [1.54, 1.807) is 0 Å². The zero-order valence-electron chi connectivity index (χ0n) is 12.0. The lowest BCUT2D eigenvalue weighted by Gasteiger charge is -2.24. The van der Waals surface area contributed by atoms with Crippen LogP contribution in [0.4, 0.5) is 0 Å². The monoisotopic (exact) mass is 260 g/mol. The molecule has 1 aromatic carbocycles. The lowest BCUT2D eigenvalue weighted by Crippen LogP contribution is -2.25. The number of Topliss-reactive ketones (excluding diaryl/α,β-unsaturated/α-hetero) is 1. The molecule has 19 heavy (non-hydrogen) atoms. The molecule has 2 atom stereocenters. The van der Waals surface area contributed by atoms with E-state index < -0.39 is 0 Å². The first kappa shape index (κ1) is 14.3. The highest BCUT2D eigenvalue weighted by Crippen LogP contribution is 2.24. The highest BCUT2D eigenvalue weighted by molar-refractivity contribution is 5.79. The molecular weight excluding hydrogens is 236 g/mol. The Balaban J connectivity index is 1.90. The predicted octanol–water partition coefficient (Wildman–Crippen LogP) is 3.78. The van der Waals surface area contributed by atoms with E-state index in [-0.39, 0.29) is 12.2 Å². The Bertz CT molecular complexity index is 397. The zero-order chi connectivity index (χ0) is 13.7. The van der Waals surface area contributed by atoms with Crippen molar-refractivity contribution in [2.24, 2.45) is 5.92 Å². The van der Waals surface area contributed by atoms with E-state index in [4.69, 9.17) is 4.74 Å². The van der Waals surface area contributed by atoms with Crippen molar-refractivity contribution in [2.45, 2.75) is 58.2 Å². The van der Waals surface area contributed by atoms with Gasteiger partial charge in [-0.05, 0) is 30.7 Å². The maximum absolute atomic E-state index is 11.7. The third-order valence-corrected chi connectivity index (χ3v) is 3.88. The van der Waals surface area contributed by atoms with Crippen LogP contribution in [0.5, 0.6) is 0 Å². The maximum Gasteiger partial charge on any atom is 0.135 e. The van der Waals surface area contributed by atoms with Crippen LogP contribution in [-0.4, -0.2) is 18.0 Å². The van der Waals surface area contributed by atoms with Gasteiger partial charge in [0.1, 0.15) is 5.78 Å². The van der Waals surface area contributed by atoms with E-state index in [0.29, 0.717) is 24.5 Å². The number of ether oxygens (including phenoxy) is 1. The molecular formula is C17H24O2. The summed E-state index contributed by atoms with van der Waals surface area (Å²) in [6.07, 6.45) is 4.55. The molecule has 0 spiro atoms. The Labute approximate surface area is 116 Å². The van der Waals surface area contributed by atoms with E-state index >= 15 is 0 Å². The summed E-state index contributed by atoms with van der Waals surface area (Å²) in [5, 5.41) is 0. The van der Waals surface area contributed by atoms with Crippen LogP contribution < -0.4 is 0 Å². The molecule has 0 bridgehead atoms. The second kappa shape index (κ2) is 6.85. The number of carbonyl (C=O) groups excluding carboxylic acids is 1. The average Bonchev–Trinajstić information content (AvgIpc) is 2.60. The van der Waals surface area contributed by atoms with Gasteiger partial charge < -0.3 is 4.74 Å². The molecule has 2 rings (SSSR count). The molecule has 1 aromatic rings. The molecule has 0 amide bonds. The van der Waals surface area contributed by atoms with Crippen LogP contribution in [0.25, 0.3) is 0 Å². The fourth-order valence-electron chi connectivity index (χ4n) is 2.59. The minimum Gasteiger partial charge on any atom is -0.374 e. The molecule has 0 N–H and O–H groups in total. The highest BCUT2D eigenvalue weighted by atomic mass is 16.5. The van der Waals surface area contributed by atoms with Crippen molar-refractivity contribution < 1.29 is 9.53 Å². The number of hydrogen-bond acceptors (Lipinski definition) is 2. The van der Waals surface area contributed by atoms with Crippen LogP contribution in [-0.2, 0) is 16.0 Å². The van der Waals surface area contributed by atoms with E-state index in [1.807, 2.05) is 6.07 Å². The molecule has 1 fully saturated rings. The van der Waals surface area contributed by atoms with Gasteiger partial charge in [0.05, 0.1) is 12.2 Å². The summed E-state index contributed by atoms with van der Waals surface area (Å²) >= 11 is 0. The molecule has 0 aliphatic carbocycles. The third kappa shape index (κ3) is 4.46. The Morgan fingerprint density at radius 3 is 2.68 bits per heavy atom. The van der Waals surface area contributed by atoms with Crippen molar-refractivity contribution in [2.75, 3.05) is 0 Å². The molecule has 104 valence electrons. The van der Waals surface area contributed by atoms with E-state index in [2.05, 4.69) is 38.1 Å². The SMILES string of the molecule is CC(C)[C@H]1CC(=O)CC[C@@H](CCc2ccccc2)O1. The van der Waals surface area contributed by atoms with Crippen LogP contribution in [0.1, 0.15) is 45.1 Å². The fraction of sp³-hybridized carbons (Fsp3) is 0.588. The van der Waals surface area contributed by atoms with Crippen LogP contribution in [0, 0.1) is 5.92 Å². The summed E-state index contributed by atoms with van der Waals surface area (Å²) in [6.45, 7) is 4.27. The Morgan fingerprint density at radius 1 is 1.26 bits per heavy atom. The number of benzene rings is 1. The van der Waals surface area contributed by atoms with Crippen LogP contribution >= 0.6 is 0 Å². The highest BCUT2D eigenvalue weighted by Gasteiger charge is 2.26. The van der Waals surface area contributed by atoms with Crippen molar-refractivity contribution in [3.05, 3.63) is 35.9 Å². The first-order valence-corrected chi connectivity index (χ1v) is 7.36. The standard InChI is InChI=1S/C17H24O2/c1-13(2)17-12-15(18)9-11-16(19-17)10-8-14-6-4-3-5-7-14/h3-7,13,16-17H,8-12H2,1-2H3/t16-,17-/m1/s1. The lowest BCUT2D eigenvalue weighted by molar-refractivity contribution is -0.121. The molecule has 0 unspecified atom stereocenters. The van der Waals surface area contributed by atoms with Crippen LogP contribution in [0.15, 0.2) is 30.3 Å². The van der Waals surface area contributed by atoms with Gasteiger partial charge in [0.25, 0.3) is 0 Å². The summed E-state index contributed by atoms with van der Waals surface area (Å²) in [5.74, 6) is 0.780. The summed E-state index contributed by atoms with van der Waals surface area (Å²) in [4.78, 5) is 11.7. The molecule has 2 heteroatoms. The zero-order valence-corrected chi connectivity index (χ0v) is 12.0. The first-order valence-electron chi connectivity index (χ1n) is 7.36. The van der Waals surface area contributed by atoms with Gasteiger partial charge in [-0.3, -0.25) is 4.79 Å². The Hall–Kier alpha value is -1.15. The molecule has 1 heterocycles. The number of aryl methyl sites for hydroxylation is 1. The smallest absolute Gasteiger partial charge is 0.135 e. The number of ketones is 1. The second-order valence-corrected chi connectivity index (χ2v) is 5.85. The normalized spacial score (nSPS) is 24.5. The second-order valence-electron chi connectivity index (χ2n) is 5.85. The fourth-order valence-corrected chi connectivity index (χ4v) is 2.59. The summed E-state index contributed by atoms with van der Waals surface area (Å²) < 4.78 is 6.14. The molecule has 0 aromatic heterocycles. The molecule has 0 saturated carbocycles. The van der Waals surface area contributed by atoms with Gasteiger partial charge in [-0.2, -0.15) is 0 Å². The molecule has 1 aliphatic heterocycles. The van der Waals surface area contributed by atoms with E-state index in [1.165, 1.54) is 5.56 Å². The van der Waals surface area contributed by atoms with Gasteiger partial charge in [-0.15, -0.1) is 0 Å². The number of rotatable bonds is 4. The number of carbonyl (C=O) groups is 1. The van der Waals surface area contributed by atoms with Crippen LogP contribution in [0.2, 0.25) is 0 Å². The summed E-state index contributed by atoms with van der Waals surface area (Å²) in [5.41, 5.74) is 1.35. The summed E-state index contributed by atoms with van der Waals surface area (Å²) in [6, 6.07) is 10.5. The quantitative estimate of drug-likeness (QED) is 0.823. The maximum atomic E-state index is 11.7. The lowest BCUT2D eigenvalue weighted by atomic mass is 10.0. The van der Waals surface area contributed by atoms with Gasteiger partial charge in [0, 0.05) is 12.8 Å². The molecule has 0 radical (unpaired) electrons. The van der Waals surface area contributed by atoms with Crippen molar-refractivity contribution in [3.63, 3.8) is 0 Å². The van der Waals surface area contributed by atoms with Crippen molar-refractivity contribution in [1.29, 1.82) is 0 Å². The topological polar surface area (TPSA) is 26.3 Å². The first-order chi connectivity index (χ1) is 9.15. The van der Waals surface area contributed by atoms with Crippen LogP contribution in [0.3, 0.4) is 0 Å². The van der Waals surface area contributed by atoms with E-state index in [0.717, 1.165) is 19.3 Å². The average molecular weight is 260 g/mol. The van der Waals surface area contributed by atoms with E-state index in [9.17, 15) is 4.79 Å². The van der Waals surface area contributed by atoms with Crippen molar-refractivity contribution in [3.8, 4) is 0 Å². The molecule has 1 saturated heterocycles.